The number of hydrogen-bond acceptors (Lipinski definition) is 4. The third-order valence-corrected chi connectivity index (χ3v) is 6.33. The lowest BCUT2D eigenvalue weighted by atomic mass is 10.1. The molecule has 154 valence electrons. The fourth-order valence-electron chi connectivity index (χ4n) is 3.68. The van der Waals surface area contributed by atoms with Gasteiger partial charge >= 0.3 is 0 Å². The maximum atomic E-state index is 12.7. The first-order valence-corrected chi connectivity index (χ1v) is 10.9. The number of nitrogens with zero attached hydrogens (tertiary/aromatic N) is 4. The Balaban J connectivity index is 1.74. The Hall–Kier alpha value is -2.64. The van der Waals surface area contributed by atoms with Crippen molar-refractivity contribution in [3.63, 3.8) is 0 Å². The summed E-state index contributed by atoms with van der Waals surface area (Å²) in [4.78, 5) is 16.8. The predicted molar refractivity (Wildman–Crippen MR) is 125 cm³/mol. The van der Waals surface area contributed by atoms with Gasteiger partial charge in [-0.1, -0.05) is 18.5 Å². The minimum Gasteiger partial charge on any atom is -0.318 e. The first-order valence-electron chi connectivity index (χ1n) is 9.74. The lowest BCUT2D eigenvalue weighted by Gasteiger charge is -2.20. The van der Waals surface area contributed by atoms with Gasteiger partial charge in [-0.3, -0.25) is 10.2 Å². The fraction of sp³-hybridized carbons (Fsp3) is 0.273. The molecule has 0 saturated carbocycles. The van der Waals surface area contributed by atoms with Crippen molar-refractivity contribution in [2.75, 3.05) is 0 Å². The fourth-order valence-corrected chi connectivity index (χ4v) is 4.89. The van der Waals surface area contributed by atoms with Crippen molar-refractivity contribution < 1.29 is 4.79 Å². The van der Waals surface area contributed by atoms with Crippen LogP contribution in [0.15, 0.2) is 39.9 Å². The van der Waals surface area contributed by atoms with Gasteiger partial charge in [0.15, 0.2) is 5.84 Å². The smallest absolute Gasteiger partial charge is 0.283 e. The van der Waals surface area contributed by atoms with Crippen LogP contribution in [0, 0.1) is 26.2 Å². The highest BCUT2D eigenvalue weighted by molar-refractivity contribution is 8.26. The van der Waals surface area contributed by atoms with E-state index in [2.05, 4.69) is 21.6 Å². The van der Waals surface area contributed by atoms with Crippen molar-refractivity contribution in [1.29, 1.82) is 5.41 Å². The van der Waals surface area contributed by atoms with Crippen molar-refractivity contribution in [3.05, 3.63) is 57.4 Å². The zero-order chi connectivity index (χ0) is 21.6. The molecule has 2 aliphatic rings. The van der Waals surface area contributed by atoms with Gasteiger partial charge in [0.2, 0.25) is 5.17 Å². The lowest BCUT2D eigenvalue weighted by molar-refractivity contribution is -0.114. The van der Waals surface area contributed by atoms with Crippen LogP contribution in [-0.4, -0.2) is 31.5 Å². The van der Waals surface area contributed by atoms with Gasteiger partial charge in [-0.15, -0.1) is 0 Å². The van der Waals surface area contributed by atoms with Gasteiger partial charge < -0.3 is 4.57 Å². The molecule has 3 heterocycles. The number of fused-ring (bicyclic) bond motifs is 1. The highest BCUT2D eigenvalue weighted by Gasteiger charge is 2.35. The molecule has 0 spiro atoms. The molecule has 6 nitrogen and oxygen atoms in total. The highest BCUT2D eigenvalue weighted by Crippen LogP contribution is 2.31. The Labute approximate surface area is 184 Å². The van der Waals surface area contributed by atoms with Crippen LogP contribution in [0.1, 0.15) is 42.3 Å². The average Bonchev–Trinajstić information content (AvgIpc) is 3.20. The number of rotatable bonds is 4. The van der Waals surface area contributed by atoms with E-state index in [-0.39, 0.29) is 11.4 Å². The average molecular weight is 440 g/mol. The summed E-state index contributed by atoms with van der Waals surface area (Å²) in [6, 6.07) is 7.81. The summed E-state index contributed by atoms with van der Waals surface area (Å²) in [7, 11) is 0. The normalized spacial score (nSPS) is 17.5. The second kappa shape index (κ2) is 7.89. The summed E-state index contributed by atoms with van der Waals surface area (Å²) in [6.45, 7) is 8.11. The van der Waals surface area contributed by atoms with E-state index < -0.39 is 5.91 Å². The zero-order valence-corrected chi connectivity index (χ0v) is 18.9. The molecule has 2 aliphatic heterocycles. The summed E-state index contributed by atoms with van der Waals surface area (Å²) < 4.78 is 2.13. The number of amides is 1. The number of aryl methyl sites for hydroxylation is 2. The van der Waals surface area contributed by atoms with Crippen molar-refractivity contribution >= 4 is 51.4 Å². The van der Waals surface area contributed by atoms with E-state index in [0.717, 1.165) is 46.1 Å². The highest BCUT2D eigenvalue weighted by atomic mass is 35.5. The Morgan fingerprint density at radius 1 is 1.23 bits per heavy atom. The molecule has 2 aromatic rings. The SMILES string of the molecule is CCCC1=NN2C(=N)C(=Cc3cc(C)n(-c4ccc(Cl)cc4C)c3C)C(=O)N=C2S1. The molecule has 1 aromatic carbocycles. The molecule has 1 aromatic heterocycles. The van der Waals surface area contributed by atoms with Crippen LogP contribution in [0.5, 0.6) is 0 Å². The van der Waals surface area contributed by atoms with Gasteiger partial charge in [0.1, 0.15) is 5.04 Å². The van der Waals surface area contributed by atoms with Crippen molar-refractivity contribution in [2.45, 2.75) is 40.5 Å². The first-order chi connectivity index (χ1) is 14.3. The van der Waals surface area contributed by atoms with Gasteiger partial charge in [-0.2, -0.15) is 15.1 Å². The number of carbonyl (C=O) groups excluding carboxylic acids is 1. The molecular formula is C22H22ClN5OS. The molecule has 8 heteroatoms. The molecule has 0 bridgehead atoms. The Morgan fingerprint density at radius 2 is 2.00 bits per heavy atom. The number of halogens is 1. The van der Waals surface area contributed by atoms with Crippen LogP contribution >= 0.6 is 23.4 Å². The van der Waals surface area contributed by atoms with E-state index in [1.165, 1.54) is 16.8 Å². The number of carbonyl (C=O) groups is 1. The quantitative estimate of drug-likeness (QED) is 0.641. The number of hydrazone groups is 1. The maximum Gasteiger partial charge on any atom is 0.283 e. The molecule has 0 aliphatic carbocycles. The van der Waals surface area contributed by atoms with Gasteiger partial charge in [-0.25, -0.2) is 0 Å². The minimum absolute atomic E-state index is 0.0658. The van der Waals surface area contributed by atoms with Crippen LogP contribution in [0.25, 0.3) is 11.8 Å². The molecule has 4 rings (SSSR count). The third kappa shape index (κ3) is 3.52. The Kier molecular flexibility index (Phi) is 5.42. The van der Waals surface area contributed by atoms with Gasteiger partial charge in [0.25, 0.3) is 5.91 Å². The van der Waals surface area contributed by atoms with E-state index >= 15 is 0 Å². The van der Waals surface area contributed by atoms with Crippen molar-refractivity contribution in [2.24, 2.45) is 10.1 Å². The van der Waals surface area contributed by atoms with Gasteiger partial charge in [-0.05, 0) is 86.8 Å². The standard InChI is InChI=1S/C22H22ClN5OS/c1-5-6-19-26-28-20(24)17(21(29)25-22(28)30-19)11-15-10-13(3)27(14(15)4)18-8-7-16(23)9-12(18)2/h7-11,24H,5-6H2,1-4H3. The molecule has 0 fully saturated rings. The van der Waals surface area contributed by atoms with Crippen LogP contribution in [0.3, 0.4) is 0 Å². The number of thioether (sulfide) groups is 1. The summed E-state index contributed by atoms with van der Waals surface area (Å²) >= 11 is 7.48. The number of benzene rings is 1. The minimum atomic E-state index is -0.404. The number of amidine groups is 2. The van der Waals surface area contributed by atoms with Crippen LogP contribution in [-0.2, 0) is 4.79 Å². The van der Waals surface area contributed by atoms with Crippen LogP contribution < -0.4 is 0 Å². The summed E-state index contributed by atoms with van der Waals surface area (Å²) in [5.74, 6) is -0.338. The third-order valence-electron chi connectivity index (χ3n) is 5.13. The van der Waals surface area contributed by atoms with E-state index in [0.29, 0.717) is 10.2 Å². The molecule has 0 unspecified atom stereocenters. The monoisotopic (exact) mass is 439 g/mol. The lowest BCUT2D eigenvalue weighted by Crippen LogP contribution is -2.35. The number of aromatic nitrogens is 1. The summed E-state index contributed by atoms with van der Waals surface area (Å²) in [5, 5.41) is 16.5. The molecular weight excluding hydrogens is 418 g/mol. The Morgan fingerprint density at radius 3 is 2.70 bits per heavy atom. The molecule has 1 amide bonds. The van der Waals surface area contributed by atoms with E-state index in [4.69, 9.17) is 17.0 Å². The van der Waals surface area contributed by atoms with Crippen molar-refractivity contribution in [1.82, 2.24) is 9.58 Å². The molecule has 0 radical (unpaired) electrons. The van der Waals surface area contributed by atoms with Crippen LogP contribution in [0.2, 0.25) is 5.02 Å². The second-order valence-corrected chi connectivity index (χ2v) is 8.83. The number of hydrogen-bond donors (Lipinski definition) is 1. The second-order valence-electron chi connectivity index (χ2n) is 7.36. The summed E-state index contributed by atoms with van der Waals surface area (Å²) in [6.07, 6.45) is 3.50. The van der Waals surface area contributed by atoms with Gasteiger partial charge in [0, 0.05) is 22.1 Å². The van der Waals surface area contributed by atoms with E-state index in [9.17, 15) is 4.79 Å². The summed E-state index contributed by atoms with van der Waals surface area (Å²) in [5.41, 5.74) is 5.22. The van der Waals surface area contributed by atoms with Crippen LogP contribution in [0.4, 0.5) is 0 Å². The Bertz CT molecular complexity index is 1170. The topological polar surface area (TPSA) is 73.8 Å². The molecule has 30 heavy (non-hydrogen) atoms. The largest absolute Gasteiger partial charge is 0.318 e. The maximum absolute atomic E-state index is 12.7. The zero-order valence-electron chi connectivity index (χ0n) is 17.3. The predicted octanol–water partition coefficient (Wildman–Crippen LogP) is 5.48. The molecule has 0 atom stereocenters. The molecule has 0 saturated heterocycles. The van der Waals surface area contributed by atoms with Crippen molar-refractivity contribution in [3.8, 4) is 5.69 Å². The van der Waals surface area contributed by atoms with Gasteiger partial charge in [0.05, 0.1) is 5.57 Å². The number of nitrogens with one attached hydrogen (secondary N) is 1. The molecule has 1 N–H and O–H groups in total. The van der Waals surface area contributed by atoms with E-state index in [1.807, 2.05) is 45.0 Å². The van der Waals surface area contributed by atoms with E-state index in [1.54, 1.807) is 6.08 Å². The number of aliphatic imine (C=N–C) groups is 1. The first kappa shape index (κ1) is 20.6.